The largest absolute Gasteiger partial charge is 0.493 e. The number of aliphatic hydroxyl groups excluding tert-OH is 1. The molecule has 0 unspecified atom stereocenters. The van der Waals surface area contributed by atoms with E-state index in [4.69, 9.17) is 23.7 Å². The van der Waals surface area contributed by atoms with Crippen LogP contribution in [-0.2, 0) is 14.2 Å². The quantitative estimate of drug-likeness (QED) is 0.750. The molecule has 1 aromatic heterocycles. The third kappa shape index (κ3) is 2.80. The van der Waals surface area contributed by atoms with E-state index in [1.54, 1.807) is 13.8 Å². The molecule has 10 heteroatoms. The molecule has 2 fully saturated rings. The van der Waals surface area contributed by atoms with Crippen LogP contribution in [0.1, 0.15) is 20.1 Å². The van der Waals surface area contributed by atoms with Gasteiger partial charge in [0, 0.05) is 6.07 Å². The Balaban J connectivity index is 1.93. The van der Waals surface area contributed by atoms with Crippen LogP contribution in [-0.4, -0.2) is 59.6 Å². The molecule has 0 bridgehead atoms. The van der Waals surface area contributed by atoms with Crippen LogP contribution < -0.4 is 20.7 Å². The Morgan fingerprint density at radius 2 is 1.79 bits per heavy atom. The number of aliphatic hydroxyl groups is 1. The molecule has 0 aliphatic carbocycles. The Hall–Kier alpha value is -2.40. The van der Waals surface area contributed by atoms with Crippen LogP contribution in [0.25, 0.3) is 10.9 Å². The maximum Gasteiger partial charge on any atom is 0.331 e. The molecular formula is C18H22N2O8. The first kappa shape index (κ1) is 18.9. The molecule has 2 aliphatic heterocycles. The second-order valence-corrected chi connectivity index (χ2v) is 7.17. The molecular weight excluding hydrogens is 372 g/mol. The number of nitrogens with one attached hydrogen (secondary N) is 1. The van der Waals surface area contributed by atoms with Crippen molar-refractivity contribution in [1.29, 1.82) is 0 Å². The number of ether oxygens (including phenoxy) is 5. The summed E-state index contributed by atoms with van der Waals surface area (Å²) in [7, 11) is 2.91. The number of methoxy groups -OCH3 is 2. The van der Waals surface area contributed by atoms with Crippen molar-refractivity contribution in [3.05, 3.63) is 33.0 Å². The van der Waals surface area contributed by atoms with Gasteiger partial charge in [0.05, 0.1) is 31.7 Å². The fraction of sp³-hybridized carbons (Fsp3) is 0.556. The Kier molecular flexibility index (Phi) is 4.46. The first-order valence-corrected chi connectivity index (χ1v) is 8.82. The smallest absolute Gasteiger partial charge is 0.331 e. The van der Waals surface area contributed by atoms with Crippen molar-refractivity contribution in [3.8, 4) is 11.5 Å². The van der Waals surface area contributed by atoms with E-state index in [9.17, 15) is 14.7 Å². The summed E-state index contributed by atoms with van der Waals surface area (Å²) >= 11 is 0. The number of hydrogen-bond donors (Lipinski definition) is 2. The molecule has 2 aliphatic rings. The van der Waals surface area contributed by atoms with Gasteiger partial charge >= 0.3 is 5.69 Å². The average molecular weight is 394 g/mol. The fourth-order valence-corrected chi connectivity index (χ4v) is 3.85. The van der Waals surface area contributed by atoms with Crippen LogP contribution >= 0.6 is 0 Å². The Bertz CT molecular complexity index is 1030. The standard InChI is InChI=1S/C18H22N2O8/c1-18(2)27-13-12(7-21)26-16(14(13)28-18)20-9-6-11(25-4)10(24-3)5-8(9)15(22)19-17(20)23/h5-6,12-14,16,21H,7H2,1-4H3,(H,19,22,23)/t12-,13-,14-,16-/m1/s1. The van der Waals surface area contributed by atoms with E-state index >= 15 is 0 Å². The summed E-state index contributed by atoms with van der Waals surface area (Å²) < 4.78 is 29.5. The van der Waals surface area contributed by atoms with Crippen molar-refractivity contribution >= 4 is 10.9 Å². The zero-order valence-electron chi connectivity index (χ0n) is 15.9. The molecule has 4 atom stereocenters. The highest BCUT2D eigenvalue weighted by atomic mass is 16.8. The highest BCUT2D eigenvalue weighted by molar-refractivity contribution is 5.82. The third-order valence-electron chi connectivity index (χ3n) is 5.01. The lowest BCUT2D eigenvalue weighted by atomic mass is 10.1. The first-order chi connectivity index (χ1) is 13.3. The molecule has 0 saturated carbocycles. The summed E-state index contributed by atoms with van der Waals surface area (Å²) in [6.45, 7) is 3.20. The molecule has 0 radical (unpaired) electrons. The van der Waals surface area contributed by atoms with Crippen LogP contribution in [0, 0.1) is 0 Å². The number of hydrogen-bond acceptors (Lipinski definition) is 8. The topological polar surface area (TPSA) is 121 Å². The van der Waals surface area contributed by atoms with Crippen LogP contribution in [0.15, 0.2) is 21.7 Å². The lowest BCUT2D eigenvalue weighted by molar-refractivity contribution is -0.200. The third-order valence-corrected chi connectivity index (χ3v) is 5.01. The summed E-state index contributed by atoms with van der Waals surface area (Å²) in [6.07, 6.45) is -2.79. The molecule has 0 amide bonds. The maximum absolute atomic E-state index is 12.7. The minimum Gasteiger partial charge on any atom is -0.493 e. The van der Waals surface area contributed by atoms with E-state index < -0.39 is 41.6 Å². The van der Waals surface area contributed by atoms with Gasteiger partial charge in [-0.05, 0) is 19.9 Å². The van der Waals surface area contributed by atoms with Crippen molar-refractivity contribution in [2.24, 2.45) is 0 Å². The monoisotopic (exact) mass is 394 g/mol. The fourth-order valence-electron chi connectivity index (χ4n) is 3.85. The lowest BCUT2D eigenvalue weighted by Crippen LogP contribution is -2.38. The lowest BCUT2D eigenvalue weighted by Gasteiger charge is -2.25. The maximum atomic E-state index is 12.7. The number of benzene rings is 1. The summed E-state index contributed by atoms with van der Waals surface area (Å²) in [5.41, 5.74) is -0.934. The van der Waals surface area contributed by atoms with Gasteiger partial charge in [0.15, 0.2) is 23.5 Å². The van der Waals surface area contributed by atoms with Gasteiger partial charge in [-0.25, -0.2) is 4.79 Å². The number of H-pyrrole nitrogens is 1. The molecule has 2 saturated heterocycles. The second-order valence-electron chi connectivity index (χ2n) is 7.17. The highest BCUT2D eigenvalue weighted by Crippen LogP contribution is 2.43. The summed E-state index contributed by atoms with van der Waals surface area (Å²) in [5.74, 6) is -0.190. The van der Waals surface area contributed by atoms with E-state index in [1.807, 2.05) is 0 Å². The molecule has 10 nitrogen and oxygen atoms in total. The zero-order valence-corrected chi connectivity index (χ0v) is 15.9. The molecule has 152 valence electrons. The summed E-state index contributed by atoms with van der Waals surface area (Å²) in [4.78, 5) is 27.4. The van der Waals surface area contributed by atoms with E-state index in [1.165, 1.54) is 30.9 Å². The van der Waals surface area contributed by atoms with Crippen molar-refractivity contribution in [2.75, 3.05) is 20.8 Å². The SMILES string of the molecule is COc1cc2c(=O)[nH]c(=O)n([C@@H]3O[C@H](CO)[C@H]4OC(C)(C)O[C@H]43)c2cc1OC. The van der Waals surface area contributed by atoms with Crippen molar-refractivity contribution < 1.29 is 28.8 Å². The van der Waals surface area contributed by atoms with Crippen LogP contribution in [0.3, 0.4) is 0 Å². The van der Waals surface area contributed by atoms with Crippen LogP contribution in [0.5, 0.6) is 11.5 Å². The van der Waals surface area contributed by atoms with Crippen molar-refractivity contribution in [1.82, 2.24) is 9.55 Å². The predicted octanol–water partition coefficient (Wildman–Crippen LogP) is 0.117. The minimum absolute atomic E-state index is 0.225. The molecule has 2 N–H and O–H groups in total. The Morgan fingerprint density at radius 1 is 1.14 bits per heavy atom. The predicted molar refractivity (Wildman–Crippen MR) is 96.8 cm³/mol. The van der Waals surface area contributed by atoms with Gasteiger partial charge in [0.25, 0.3) is 5.56 Å². The number of rotatable bonds is 4. The number of nitrogens with zero attached hydrogens (tertiary/aromatic N) is 1. The molecule has 2 aromatic rings. The summed E-state index contributed by atoms with van der Waals surface area (Å²) in [6, 6.07) is 3.03. The van der Waals surface area contributed by atoms with Crippen molar-refractivity contribution in [2.45, 2.75) is 44.2 Å². The van der Waals surface area contributed by atoms with Crippen LogP contribution in [0.2, 0.25) is 0 Å². The normalized spacial score (nSPS) is 28.5. The van der Waals surface area contributed by atoms with Crippen molar-refractivity contribution in [3.63, 3.8) is 0 Å². The second kappa shape index (κ2) is 6.59. The van der Waals surface area contributed by atoms with Gasteiger partial charge < -0.3 is 28.8 Å². The van der Waals surface area contributed by atoms with Gasteiger partial charge in [-0.3, -0.25) is 14.3 Å². The highest BCUT2D eigenvalue weighted by Gasteiger charge is 2.56. The zero-order chi connectivity index (χ0) is 20.2. The molecule has 0 spiro atoms. The number of fused-ring (bicyclic) bond motifs is 2. The van der Waals surface area contributed by atoms with E-state index in [0.29, 0.717) is 17.0 Å². The average Bonchev–Trinajstić information content (AvgIpc) is 3.14. The van der Waals surface area contributed by atoms with E-state index in [-0.39, 0.29) is 12.0 Å². The Labute approximate surface area is 159 Å². The Morgan fingerprint density at radius 3 is 2.43 bits per heavy atom. The summed E-state index contributed by atoms with van der Waals surface area (Å²) in [5, 5.41) is 9.91. The molecule has 28 heavy (non-hydrogen) atoms. The van der Waals surface area contributed by atoms with Gasteiger partial charge in [-0.15, -0.1) is 0 Å². The van der Waals surface area contributed by atoms with Gasteiger partial charge in [0.1, 0.15) is 18.3 Å². The minimum atomic E-state index is -0.908. The first-order valence-electron chi connectivity index (χ1n) is 8.82. The molecule has 4 rings (SSSR count). The van der Waals surface area contributed by atoms with Gasteiger partial charge in [0.2, 0.25) is 0 Å². The van der Waals surface area contributed by atoms with Crippen LogP contribution in [0.4, 0.5) is 0 Å². The van der Waals surface area contributed by atoms with E-state index in [0.717, 1.165) is 0 Å². The van der Waals surface area contributed by atoms with E-state index in [2.05, 4.69) is 4.98 Å². The van der Waals surface area contributed by atoms with Gasteiger partial charge in [-0.2, -0.15) is 0 Å². The molecule has 1 aromatic carbocycles. The molecule has 3 heterocycles. The number of aromatic amines is 1. The van der Waals surface area contributed by atoms with Gasteiger partial charge in [-0.1, -0.05) is 0 Å². The number of aromatic nitrogens is 2.